The molecule has 0 aliphatic carbocycles. The van der Waals surface area contributed by atoms with Gasteiger partial charge in [-0.3, -0.25) is 9.36 Å². The van der Waals surface area contributed by atoms with E-state index in [1.807, 2.05) is 0 Å². The van der Waals surface area contributed by atoms with E-state index in [1.165, 1.54) is 24.3 Å². The van der Waals surface area contributed by atoms with Gasteiger partial charge in [-0.1, -0.05) is 12.1 Å². The van der Waals surface area contributed by atoms with Crippen molar-refractivity contribution in [2.24, 2.45) is 0 Å². The number of carbonyl (C=O) groups excluding carboxylic acids is 1. The monoisotopic (exact) mass is 474 g/mol. The lowest BCUT2D eigenvalue weighted by Crippen LogP contribution is -2.38. The van der Waals surface area contributed by atoms with Gasteiger partial charge in [-0.15, -0.1) is 0 Å². The zero-order valence-corrected chi connectivity index (χ0v) is 18.3. The Bertz CT molecular complexity index is 822. The van der Waals surface area contributed by atoms with Gasteiger partial charge in [-0.2, -0.15) is 0 Å². The first-order valence-electron chi connectivity index (χ1n) is 10.2. The molecule has 0 radical (unpaired) electrons. The van der Waals surface area contributed by atoms with Gasteiger partial charge in [-0.05, 0) is 36.6 Å². The normalized spacial score (nSPS) is 26.2. The minimum atomic E-state index is -4.11. The zero-order valence-electron chi connectivity index (χ0n) is 17.4. The number of nitrogens with one attached hydrogen (secondary N) is 2. The molecular formula is C20H31N2O9P. The van der Waals surface area contributed by atoms with Gasteiger partial charge in [0.1, 0.15) is 5.75 Å². The number of rotatable bonds is 12. The van der Waals surface area contributed by atoms with Crippen LogP contribution in [0.1, 0.15) is 18.4 Å². The van der Waals surface area contributed by atoms with Crippen molar-refractivity contribution >= 4 is 19.6 Å². The van der Waals surface area contributed by atoms with E-state index in [-0.39, 0.29) is 37.6 Å². The Morgan fingerprint density at radius 2 is 2.00 bits per heavy atom. The molecule has 1 fully saturated rings. The summed E-state index contributed by atoms with van der Waals surface area (Å²) in [7, 11) is -4.11. The van der Waals surface area contributed by atoms with Crippen molar-refractivity contribution in [1.29, 1.82) is 0 Å². The first-order valence-corrected chi connectivity index (χ1v) is 12.0. The lowest BCUT2D eigenvalue weighted by atomic mass is 10.0. The molecule has 8 N–H and O–H groups in total. The van der Waals surface area contributed by atoms with E-state index >= 15 is 0 Å². The molecule has 1 saturated heterocycles. The molecule has 0 bridgehead atoms. The lowest BCUT2D eigenvalue weighted by molar-refractivity contribution is -0.116. The smallest absolute Gasteiger partial charge is 0.330 e. The first kappa shape index (κ1) is 26.4. The van der Waals surface area contributed by atoms with Gasteiger partial charge in [-0.25, -0.2) is 0 Å². The number of aromatic hydroxyl groups is 1. The summed E-state index contributed by atoms with van der Waals surface area (Å²) in [5.41, 5.74) is 0.657. The van der Waals surface area contributed by atoms with Gasteiger partial charge in [0, 0.05) is 18.7 Å². The summed E-state index contributed by atoms with van der Waals surface area (Å²) >= 11 is 0. The number of aliphatic hydroxyl groups is 4. The van der Waals surface area contributed by atoms with Crippen molar-refractivity contribution in [1.82, 2.24) is 10.6 Å². The predicted molar refractivity (Wildman–Crippen MR) is 116 cm³/mol. The highest BCUT2D eigenvalue weighted by Gasteiger charge is 2.41. The van der Waals surface area contributed by atoms with E-state index in [1.54, 1.807) is 12.1 Å². The van der Waals surface area contributed by atoms with E-state index in [2.05, 4.69) is 10.6 Å². The minimum Gasteiger partial charge on any atom is -0.508 e. The summed E-state index contributed by atoms with van der Waals surface area (Å²) < 4.78 is 17.1. The summed E-state index contributed by atoms with van der Waals surface area (Å²) in [6.45, 7) is -0.314. The molecule has 1 unspecified atom stereocenters. The Labute approximate surface area is 185 Å². The summed E-state index contributed by atoms with van der Waals surface area (Å²) in [4.78, 5) is 21.7. The summed E-state index contributed by atoms with van der Waals surface area (Å²) in [6.07, 6.45) is -1.25. The highest BCUT2D eigenvalue weighted by atomic mass is 31.2. The van der Waals surface area contributed by atoms with E-state index in [9.17, 15) is 34.7 Å². The van der Waals surface area contributed by atoms with Gasteiger partial charge in [0.15, 0.2) is 0 Å². The number of carbonyl (C=O) groups is 1. The maximum absolute atomic E-state index is 12.1. The van der Waals surface area contributed by atoms with Crippen LogP contribution in [0.5, 0.6) is 5.75 Å². The molecule has 6 atom stereocenters. The second kappa shape index (κ2) is 12.4. The van der Waals surface area contributed by atoms with Crippen LogP contribution in [0.3, 0.4) is 0 Å². The van der Waals surface area contributed by atoms with E-state index in [0.717, 1.165) is 0 Å². The fourth-order valence-electron chi connectivity index (χ4n) is 3.35. The molecular weight excluding hydrogens is 443 g/mol. The summed E-state index contributed by atoms with van der Waals surface area (Å²) in [5, 5.41) is 53.6. The van der Waals surface area contributed by atoms with Crippen molar-refractivity contribution in [2.45, 2.75) is 43.2 Å². The molecule has 180 valence electrons. The van der Waals surface area contributed by atoms with Crippen LogP contribution in [-0.2, 0) is 13.9 Å². The van der Waals surface area contributed by atoms with Gasteiger partial charge < -0.3 is 45.6 Å². The average Bonchev–Trinajstić information content (AvgIpc) is 2.99. The second-order valence-electron chi connectivity index (χ2n) is 7.66. The van der Waals surface area contributed by atoms with Crippen LogP contribution in [0.4, 0.5) is 0 Å². The van der Waals surface area contributed by atoms with Crippen LogP contribution < -0.4 is 10.6 Å². The zero-order chi connectivity index (χ0) is 23.7. The fraction of sp³-hybridized carbons (Fsp3) is 0.550. The summed E-state index contributed by atoms with van der Waals surface area (Å²) in [5.74, 6) is -0.284. The Balaban J connectivity index is 1.64. The van der Waals surface area contributed by atoms with Crippen LogP contribution in [0.25, 0.3) is 6.08 Å². The highest BCUT2D eigenvalue weighted by molar-refractivity contribution is 7.52. The molecule has 0 spiro atoms. The number of hydrogen-bond donors (Lipinski definition) is 8. The number of amides is 1. The average molecular weight is 474 g/mol. The maximum Gasteiger partial charge on any atom is 0.330 e. The molecule has 12 heteroatoms. The Morgan fingerprint density at radius 3 is 2.66 bits per heavy atom. The number of aliphatic hydroxyl groups excluding tert-OH is 4. The Kier molecular flexibility index (Phi) is 10.3. The van der Waals surface area contributed by atoms with Crippen LogP contribution in [0.15, 0.2) is 30.3 Å². The van der Waals surface area contributed by atoms with Crippen molar-refractivity contribution in [3.63, 3.8) is 0 Å². The quantitative estimate of drug-likeness (QED) is 0.105. The van der Waals surface area contributed by atoms with Gasteiger partial charge in [0.2, 0.25) is 5.91 Å². The van der Waals surface area contributed by atoms with E-state index < -0.39 is 50.8 Å². The van der Waals surface area contributed by atoms with Crippen LogP contribution in [0, 0.1) is 0 Å². The van der Waals surface area contributed by atoms with Crippen molar-refractivity contribution in [3.05, 3.63) is 35.9 Å². The number of hydrogen-bond acceptors (Lipinski definition) is 9. The van der Waals surface area contributed by atoms with E-state index in [4.69, 9.17) is 9.63 Å². The largest absolute Gasteiger partial charge is 0.508 e. The molecule has 1 aromatic carbocycles. The maximum atomic E-state index is 12.1. The third-order valence-electron chi connectivity index (χ3n) is 4.98. The second-order valence-corrected chi connectivity index (χ2v) is 9.56. The lowest BCUT2D eigenvalue weighted by Gasteiger charge is -2.21. The third-order valence-corrected chi connectivity index (χ3v) is 6.45. The minimum absolute atomic E-state index is 0.0888. The molecule has 11 nitrogen and oxygen atoms in total. The third kappa shape index (κ3) is 8.61. The van der Waals surface area contributed by atoms with E-state index in [0.29, 0.717) is 5.56 Å². The molecule has 1 amide bonds. The van der Waals surface area contributed by atoms with Crippen molar-refractivity contribution in [2.75, 3.05) is 25.9 Å². The summed E-state index contributed by atoms with van der Waals surface area (Å²) in [6, 6.07) is 4.92. The van der Waals surface area contributed by atoms with Crippen molar-refractivity contribution in [3.8, 4) is 5.75 Å². The molecule has 1 aliphatic rings. The van der Waals surface area contributed by atoms with Crippen LogP contribution in [-0.4, -0.2) is 92.6 Å². The van der Waals surface area contributed by atoms with Crippen molar-refractivity contribution < 1.29 is 44.3 Å². The predicted octanol–water partition coefficient (Wildman–Crippen LogP) is -1.08. The number of phenols is 1. The van der Waals surface area contributed by atoms with Gasteiger partial charge in [0.25, 0.3) is 0 Å². The molecule has 0 saturated carbocycles. The standard InChI is InChI=1S/C20H31N2O9P/c23-11-17-20(28)19(27)16(22-17)10-15(25)12-32(29,30)31-8-2-7-21-18(26)6-5-13-3-1-4-14(24)9-13/h1,3-6,9,15-17,19-20,22-25,27-28H,2,7-8,10-12H2,(H,21,26)(H,29,30)/b6-5+/t15-,16-,17-,19-,20-/m1/s1. The molecule has 1 aliphatic heterocycles. The van der Waals surface area contributed by atoms with Crippen LogP contribution in [0.2, 0.25) is 0 Å². The topological polar surface area (TPSA) is 189 Å². The van der Waals surface area contributed by atoms with Gasteiger partial charge >= 0.3 is 7.60 Å². The molecule has 1 aromatic rings. The molecule has 1 heterocycles. The Morgan fingerprint density at radius 1 is 1.28 bits per heavy atom. The fourth-order valence-corrected chi connectivity index (χ4v) is 4.55. The first-order chi connectivity index (χ1) is 15.1. The number of benzene rings is 1. The van der Waals surface area contributed by atoms with Gasteiger partial charge in [0.05, 0.1) is 43.7 Å². The van der Waals surface area contributed by atoms with Crippen LogP contribution >= 0.6 is 7.60 Å². The molecule has 2 rings (SSSR count). The molecule has 0 aromatic heterocycles. The molecule has 32 heavy (non-hydrogen) atoms. The number of phenolic OH excluding ortho intramolecular Hbond substituents is 1. The Hall–Kier alpha value is -1.82. The SMILES string of the molecule is O=C(/C=C/c1cccc(O)c1)NCCCOP(=O)(O)C[C@H](O)C[C@H]1N[C@H](CO)[C@@H](O)[C@@H]1O. The highest BCUT2D eigenvalue weighted by Crippen LogP contribution is 2.43.